The molecule has 1 amide bonds. The summed E-state index contributed by atoms with van der Waals surface area (Å²) in [5.74, 6) is -0.471. The number of nitrogens with one attached hydrogen (secondary N) is 1. The van der Waals surface area contributed by atoms with Crippen molar-refractivity contribution in [1.29, 1.82) is 0 Å². The Hall–Kier alpha value is -4.06. The van der Waals surface area contributed by atoms with E-state index < -0.39 is 5.91 Å². The van der Waals surface area contributed by atoms with Crippen LogP contribution < -0.4 is 11.0 Å². The molecule has 0 bridgehead atoms. The smallest absolute Gasteiger partial charge is 0.267 e. The summed E-state index contributed by atoms with van der Waals surface area (Å²) in [4.78, 5) is 25.9. The molecule has 32 heavy (non-hydrogen) atoms. The van der Waals surface area contributed by atoms with Gasteiger partial charge in [0.15, 0.2) is 5.69 Å². The minimum atomic E-state index is -0.471. The molecule has 0 saturated carbocycles. The summed E-state index contributed by atoms with van der Waals surface area (Å²) in [5.41, 5.74) is 7.72. The molecule has 0 radical (unpaired) electrons. The lowest BCUT2D eigenvalue weighted by molar-refractivity contribution is 0.0949. The zero-order chi connectivity index (χ0) is 22.7. The molecule has 0 saturated heterocycles. The van der Waals surface area contributed by atoms with E-state index in [1.54, 1.807) is 30.5 Å². The van der Waals surface area contributed by atoms with Crippen LogP contribution in [0.15, 0.2) is 76.6 Å². The second kappa shape index (κ2) is 8.98. The summed E-state index contributed by atoms with van der Waals surface area (Å²) in [7, 11) is 0. The Labute approximate surface area is 186 Å². The third-order valence-corrected chi connectivity index (χ3v) is 5.36. The summed E-state index contributed by atoms with van der Waals surface area (Å²) < 4.78 is 1.32. The molecule has 0 atom stereocenters. The predicted molar refractivity (Wildman–Crippen MR) is 127 cm³/mol. The zero-order valence-corrected chi connectivity index (χ0v) is 18.3. The second-order valence-corrected chi connectivity index (χ2v) is 7.85. The fraction of sp³-hybridized carbons (Fsp3) is 0.154. The van der Waals surface area contributed by atoms with Crippen LogP contribution in [0.25, 0.3) is 10.8 Å². The topological polar surface area (TPSA) is 76.3 Å². The van der Waals surface area contributed by atoms with Crippen molar-refractivity contribution in [3.05, 3.63) is 111 Å². The van der Waals surface area contributed by atoms with Crippen molar-refractivity contribution in [3.8, 4) is 0 Å². The first kappa shape index (κ1) is 21.2. The minimum Gasteiger partial charge on any atom is -0.267 e. The van der Waals surface area contributed by atoms with Crippen molar-refractivity contribution in [1.82, 2.24) is 15.2 Å². The predicted octanol–water partition coefficient (Wildman–Crippen LogP) is 4.13. The highest BCUT2D eigenvalue weighted by Gasteiger charge is 2.16. The maximum Gasteiger partial charge on any atom is 0.292 e. The number of carbonyl (C=O) groups excluding carboxylic acids is 1. The minimum absolute atomic E-state index is 0.158. The Morgan fingerprint density at radius 3 is 2.28 bits per heavy atom. The van der Waals surface area contributed by atoms with Gasteiger partial charge in [-0.2, -0.15) is 10.2 Å². The van der Waals surface area contributed by atoms with E-state index >= 15 is 0 Å². The fourth-order valence-corrected chi connectivity index (χ4v) is 3.87. The Kier molecular flexibility index (Phi) is 5.94. The maximum atomic E-state index is 13.0. The van der Waals surface area contributed by atoms with E-state index in [9.17, 15) is 9.59 Å². The van der Waals surface area contributed by atoms with Crippen molar-refractivity contribution < 1.29 is 4.79 Å². The van der Waals surface area contributed by atoms with Crippen LogP contribution in [-0.4, -0.2) is 21.9 Å². The van der Waals surface area contributed by atoms with Gasteiger partial charge in [-0.25, -0.2) is 10.1 Å². The number of aryl methyl sites for hydroxylation is 3. The molecule has 0 unspecified atom stereocenters. The van der Waals surface area contributed by atoms with Crippen LogP contribution >= 0.6 is 0 Å². The van der Waals surface area contributed by atoms with Gasteiger partial charge in [0.05, 0.1) is 18.1 Å². The summed E-state index contributed by atoms with van der Waals surface area (Å²) in [6.45, 7) is 6.34. The lowest BCUT2D eigenvalue weighted by Crippen LogP contribution is -2.29. The second-order valence-electron chi connectivity index (χ2n) is 7.85. The lowest BCUT2D eigenvalue weighted by atomic mass is 10.0. The highest BCUT2D eigenvalue weighted by atomic mass is 16.2. The van der Waals surface area contributed by atoms with E-state index in [2.05, 4.69) is 27.8 Å². The van der Waals surface area contributed by atoms with Crippen LogP contribution in [0, 0.1) is 20.8 Å². The van der Waals surface area contributed by atoms with Gasteiger partial charge in [0.1, 0.15) is 0 Å². The highest BCUT2D eigenvalue weighted by molar-refractivity contribution is 6.05. The number of fused-ring (bicyclic) bond motifs is 1. The third-order valence-electron chi connectivity index (χ3n) is 5.36. The first-order valence-corrected chi connectivity index (χ1v) is 10.4. The average molecular weight is 425 g/mol. The molecule has 1 aromatic heterocycles. The molecule has 4 rings (SSSR count). The Balaban J connectivity index is 1.68. The largest absolute Gasteiger partial charge is 0.292 e. The van der Waals surface area contributed by atoms with Crippen molar-refractivity contribution in [2.24, 2.45) is 5.10 Å². The van der Waals surface area contributed by atoms with E-state index in [1.807, 2.05) is 51.1 Å². The highest BCUT2D eigenvalue weighted by Crippen LogP contribution is 2.15. The number of hydrogen-bond donors (Lipinski definition) is 1. The number of benzene rings is 3. The summed E-state index contributed by atoms with van der Waals surface area (Å²) in [5, 5.41) is 9.49. The number of carbonyl (C=O) groups is 1. The van der Waals surface area contributed by atoms with Crippen molar-refractivity contribution in [2.75, 3.05) is 0 Å². The Morgan fingerprint density at radius 2 is 1.59 bits per heavy atom. The Bertz CT molecular complexity index is 1370. The lowest BCUT2D eigenvalue weighted by Gasteiger charge is -2.10. The number of nitrogens with zero attached hydrogens (tertiary/aromatic N) is 3. The molecule has 6 heteroatoms. The zero-order valence-electron chi connectivity index (χ0n) is 18.3. The summed E-state index contributed by atoms with van der Waals surface area (Å²) in [6, 6.07) is 20.7. The number of hydrazone groups is 1. The van der Waals surface area contributed by atoms with Gasteiger partial charge in [-0.3, -0.25) is 9.59 Å². The van der Waals surface area contributed by atoms with Gasteiger partial charge in [0.25, 0.3) is 11.5 Å². The molecule has 0 fully saturated rings. The third kappa shape index (κ3) is 4.34. The van der Waals surface area contributed by atoms with Crippen LogP contribution in [0.1, 0.15) is 38.3 Å². The van der Waals surface area contributed by atoms with Gasteiger partial charge in [-0.15, -0.1) is 0 Å². The average Bonchev–Trinajstić information content (AvgIpc) is 2.78. The van der Waals surface area contributed by atoms with Crippen LogP contribution in [0.5, 0.6) is 0 Å². The van der Waals surface area contributed by atoms with Gasteiger partial charge in [-0.05, 0) is 43.5 Å². The van der Waals surface area contributed by atoms with Crippen molar-refractivity contribution in [3.63, 3.8) is 0 Å². The number of aromatic nitrogens is 2. The monoisotopic (exact) mass is 424 g/mol. The number of amides is 1. The van der Waals surface area contributed by atoms with E-state index in [1.165, 1.54) is 10.2 Å². The standard InChI is InChI=1S/C26H24N4O2/c1-17-13-18(2)23(19(3)14-17)15-27-28-25(31)24-21-11-7-8-12-22(21)26(32)30(29-24)16-20-9-5-4-6-10-20/h4-15H,16H2,1-3H3,(H,28,31). The molecule has 1 N–H and O–H groups in total. The molecule has 0 aliphatic carbocycles. The molecule has 0 aliphatic rings. The van der Waals surface area contributed by atoms with Crippen molar-refractivity contribution >= 4 is 22.9 Å². The van der Waals surface area contributed by atoms with Crippen LogP contribution in [0.4, 0.5) is 0 Å². The van der Waals surface area contributed by atoms with Gasteiger partial charge in [0.2, 0.25) is 0 Å². The SMILES string of the molecule is Cc1cc(C)c(C=NNC(=O)c2nn(Cc3ccccc3)c(=O)c3ccccc23)c(C)c1. The van der Waals surface area contributed by atoms with Crippen molar-refractivity contribution in [2.45, 2.75) is 27.3 Å². The van der Waals surface area contributed by atoms with E-state index in [-0.39, 0.29) is 17.8 Å². The van der Waals surface area contributed by atoms with Crippen LogP contribution in [-0.2, 0) is 6.54 Å². The molecular weight excluding hydrogens is 400 g/mol. The van der Waals surface area contributed by atoms with Gasteiger partial charge in [-0.1, -0.05) is 66.2 Å². The van der Waals surface area contributed by atoms with Gasteiger partial charge < -0.3 is 0 Å². The fourth-order valence-electron chi connectivity index (χ4n) is 3.87. The first-order chi connectivity index (χ1) is 15.4. The number of hydrogen-bond acceptors (Lipinski definition) is 4. The molecular formula is C26H24N4O2. The molecule has 0 spiro atoms. The molecule has 160 valence electrons. The number of rotatable bonds is 5. The van der Waals surface area contributed by atoms with Gasteiger partial charge >= 0.3 is 0 Å². The summed E-state index contributed by atoms with van der Waals surface area (Å²) >= 11 is 0. The molecule has 1 heterocycles. The molecule has 3 aromatic carbocycles. The van der Waals surface area contributed by atoms with Crippen LogP contribution in [0.2, 0.25) is 0 Å². The molecule has 4 aromatic rings. The Morgan fingerprint density at radius 1 is 0.969 bits per heavy atom. The van der Waals surface area contributed by atoms with Gasteiger partial charge in [0, 0.05) is 10.9 Å². The normalized spacial score (nSPS) is 11.2. The maximum absolute atomic E-state index is 13.0. The quantitative estimate of drug-likeness (QED) is 0.387. The van der Waals surface area contributed by atoms with E-state index in [4.69, 9.17) is 0 Å². The molecule has 6 nitrogen and oxygen atoms in total. The molecule has 0 aliphatic heterocycles. The summed E-state index contributed by atoms with van der Waals surface area (Å²) in [6.07, 6.45) is 1.64. The first-order valence-electron chi connectivity index (χ1n) is 10.4. The van der Waals surface area contributed by atoms with Crippen LogP contribution in [0.3, 0.4) is 0 Å². The van der Waals surface area contributed by atoms with E-state index in [0.29, 0.717) is 10.8 Å². The van der Waals surface area contributed by atoms with E-state index in [0.717, 1.165) is 22.3 Å².